The fraction of sp³-hybridized carbons (Fsp3) is 0.467. The highest BCUT2D eigenvalue weighted by Crippen LogP contribution is 2.13. The average molecular weight is 217 g/mol. The van der Waals surface area contributed by atoms with Crippen LogP contribution in [0.1, 0.15) is 36.5 Å². The zero-order chi connectivity index (χ0) is 12.1. The van der Waals surface area contributed by atoms with Crippen LogP contribution in [0.15, 0.2) is 30.4 Å². The lowest BCUT2D eigenvalue weighted by Gasteiger charge is -2.13. The molecule has 0 aromatic heterocycles. The first-order valence-electron chi connectivity index (χ1n) is 6.00. The maximum Gasteiger partial charge on any atom is 0.0117 e. The SMILES string of the molecule is C=C(CC)CC(N)Cc1cc(C)cc(C)c1. The Morgan fingerprint density at radius 3 is 2.31 bits per heavy atom. The fourth-order valence-corrected chi connectivity index (χ4v) is 2.08. The van der Waals surface area contributed by atoms with Crippen molar-refractivity contribution in [3.05, 3.63) is 47.0 Å². The molecule has 1 unspecified atom stereocenters. The molecule has 1 atom stereocenters. The van der Waals surface area contributed by atoms with E-state index in [0.717, 1.165) is 19.3 Å². The van der Waals surface area contributed by atoms with Gasteiger partial charge in [0.1, 0.15) is 0 Å². The van der Waals surface area contributed by atoms with Gasteiger partial charge in [0.05, 0.1) is 0 Å². The Hall–Kier alpha value is -1.08. The monoisotopic (exact) mass is 217 g/mol. The van der Waals surface area contributed by atoms with Gasteiger partial charge in [-0.2, -0.15) is 0 Å². The van der Waals surface area contributed by atoms with Gasteiger partial charge in [0.25, 0.3) is 0 Å². The van der Waals surface area contributed by atoms with Gasteiger partial charge in [-0.1, -0.05) is 48.4 Å². The molecule has 1 nitrogen and oxygen atoms in total. The summed E-state index contributed by atoms with van der Waals surface area (Å²) in [5.41, 5.74) is 11.3. The molecule has 0 bridgehead atoms. The molecule has 0 saturated heterocycles. The summed E-state index contributed by atoms with van der Waals surface area (Å²) in [4.78, 5) is 0. The fourth-order valence-electron chi connectivity index (χ4n) is 2.08. The summed E-state index contributed by atoms with van der Waals surface area (Å²) < 4.78 is 0. The van der Waals surface area contributed by atoms with Crippen LogP contribution in [-0.4, -0.2) is 6.04 Å². The lowest BCUT2D eigenvalue weighted by molar-refractivity contribution is 0.650. The smallest absolute Gasteiger partial charge is 0.0117 e. The third-order valence-electron chi connectivity index (χ3n) is 2.83. The molecule has 2 N–H and O–H groups in total. The summed E-state index contributed by atoms with van der Waals surface area (Å²) in [7, 11) is 0. The van der Waals surface area contributed by atoms with Gasteiger partial charge in [0.15, 0.2) is 0 Å². The maximum absolute atomic E-state index is 6.12. The van der Waals surface area contributed by atoms with E-state index in [-0.39, 0.29) is 6.04 Å². The molecule has 0 fully saturated rings. The van der Waals surface area contributed by atoms with Crippen molar-refractivity contribution in [1.82, 2.24) is 0 Å². The van der Waals surface area contributed by atoms with Crippen LogP contribution in [0, 0.1) is 13.8 Å². The van der Waals surface area contributed by atoms with E-state index in [4.69, 9.17) is 5.73 Å². The van der Waals surface area contributed by atoms with Crippen molar-refractivity contribution < 1.29 is 0 Å². The standard InChI is InChI=1S/C15H23N/c1-5-11(2)9-15(16)10-14-7-12(3)6-13(4)8-14/h6-8,15H,2,5,9-10,16H2,1,3-4H3. The number of aryl methyl sites for hydroxylation is 2. The topological polar surface area (TPSA) is 26.0 Å². The Kier molecular flexibility index (Phi) is 4.75. The van der Waals surface area contributed by atoms with Crippen LogP contribution in [0.25, 0.3) is 0 Å². The van der Waals surface area contributed by atoms with Crippen molar-refractivity contribution in [2.75, 3.05) is 0 Å². The first-order valence-corrected chi connectivity index (χ1v) is 6.00. The second-order valence-electron chi connectivity index (χ2n) is 4.77. The van der Waals surface area contributed by atoms with E-state index in [0.29, 0.717) is 0 Å². The Balaban J connectivity index is 2.62. The highest BCUT2D eigenvalue weighted by molar-refractivity contribution is 5.29. The predicted octanol–water partition coefficient (Wildman–Crippen LogP) is 3.53. The summed E-state index contributed by atoms with van der Waals surface area (Å²) in [6, 6.07) is 6.84. The van der Waals surface area contributed by atoms with Gasteiger partial charge in [0.2, 0.25) is 0 Å². The summed E-state index contributed by atoms with van der Waals surface area (Å²) >= 11 is 0. The number of hydrogen-bond donors (Lipinski definition) is 1. The molecule has 1 aromatic rings. The van der Waals surface area contributed by atoms with E-state index in [1.54, 1.807) is 0 Å². The molecule has 0 aliphatic heterocycles. The zero-order valence-corrected chi connectivity index (χ0v) is 10.7. The molecular formula is C15H23N. The van der Waals surface area contributed by atoms with Crippen LogP contribution >= 0.6 is 0 Å². The van der Waals surface area contributed by atoms with E-state index in [2.05, 4.69) is 45.5 Å². The summed E-state index contributed by atoms with van der Waals surface area (Å²) in [6.45, 7) is 10.4. The van der Waals surface area contributed by atoms with Gasteiger partial charge in [-0.3, -0.25) is 0 Å². The van der Waals surface area contributed by atoms with Gasteiger partial charge >= 0.3 is 0 Å². The largest absolute Gasteiger partial charge is 0.327 e. The van der Waals surface area contributed by atoms with Gasteiger partial charge in [-0.15, -0.1) is 0 Å². The van der Waals surface area contributed by atoms with Crippen molar-refractivity contribution >= 4 is 0 Å². The molecule has 0 aliphatic rings. The number of hydrogen-bond acceptors (Lipinski definition) is 1. The van der Waals surface area contributed by atoms with Gasteiger partial charge in [-0.05, 0) is 38.7 Å². The van der Waals surface area contributed by atoms with E-state index in [9.17, 15) is 0 Å². The van der Waals surface area contributed by atoms with Crippen molar-refractivity contribution in [1.29, 1.82) is 0 Å². The van der Waals surface area contributed by atoms with Crippen LogP contribution in [-0.2, 0) is 6.42 Å². The third kappa shape index (κ3) is 4.19. The van der Waals surface area contributed by atoms with Gasteiger partial charge in [0, 0.05) is 6.04 Å². The average Bonchev–Trinajstić information content (AvgIpc) is 2.15. The molecule has 0 spiro atoms. The number of benzene rings is 1. The first-order chi connectivity index (χ1) is 7.51. The van der Waals surface area contributed by atoms with E-state index in [1.165, 1.54) is 22.3 Å². The Morgan fingerprint density at radius 2 is 1.81 bits per heavy atom. The second kappa shape index (κ2) is 5.86. The predicted molar refractivity (Wildman–Crippen MR) is 71.6 cm³/mol. The Labute approximate surface area is 99.4 Å². The van der Waals surface area contributed by atoms with Crippen molar-refractivity contribution in [3.63, 3.8) is 0 Å². The molecule has 16 heavy (non-hydrogen) atoms. The quantitative estimate of drug-likeness (QED) is 0.750. The summed E-state index contributed by atoms with van der Waals surface area (Å²) in [5, 5.41) is 0. The second-order valence-corrected chi connectivity index (χ2v) is 4.77. The number of nitrogens with two attached hydrogens (primary N) is 1. The molecule has 0 saturated carbocycles. The Morgan fingerprint density at radius 1 is 1.25 bits per heavy atom. The van der Waals surface area contributed by atoms with Gasteiger partial charge < -0.3 is 5.73 Å². The highest BCUT2D eigenvalue weighted by Gasteiger charge is 2.06. The molecule has 0 aliphatic carbocycles. The van der Waals surface area contributed by atoms with Gasteiger partial charge in [-0.25, -0.2) is 0 Å². The van der Waals surface area contributed by atoms with Crippen molar-refractivity contribution in [2.24, 2.45) is 5.73 Å². The van der Waals surface area contributed by atoms with Crippen LogP contribution in [0.5, 0.6) is 0 Å². The van der Waals surface area contributed by atoms with Crippen molar-refractivity contribution in [2.45, 2.75) is 46.1 Å². The molecular weight excluding hydrogens is 194 g/mol. The zero-order valence-electron chi connectivity index (χ0n) is 10.7. The van der Waals surface area contributed by atoms with Crippen LogP contribution in [0.2, 0.25) is 0 Å². The minimum atomic E-state index is 0.202. The molecule has 0 radical (unpaired) electrons. The van der Waals surface area contributed by atoms with E-state index in [1.807, 2.05) is 0 Å². The van der Waals surface area contributed by atoms with Crippen LogP contribution < -0.4 is 5.73 Å². The molecule has 0 heterocycles. The highest BCUT2D eigenvalue weighted by atomic mass is 14.6. The number of rotatable bonds is 5. The molecule has 88 valence electrons. The normalized spacial score (nSPS) is 12.5. The molecule has 1 heteroatoms. The minimum Gasteiger partial charge on any atom is -0.327 e. The first kappa shape index (κ1) is 13.0. The maximum atomic E-state index is 6.12. The molecule has 0 amide bonds. The molecule has 1 aromatic carbocycles. The van der Waals surface area contributed by atoms with E-state index >= 15 is 0 Å². The molecule has 1 rings (SSSR count). The summed E-state index contributed by atoms with van der Waals surface area (Å²) in [6.07, 6.45) is 2.91. The lowest BCUT2D eigenvalue weighted by Crippen LogP contribution is -2.23. The van der Waals surface area contributed by atoms with Crippen LogP contribution in [0.4, 0.5) is 0 Å². The van der Waals surface area contributed by atoms with E-state index < -0.39 is 0 Å². The minimum absolute atomic E-state index is 0.202. The third-order valence-corrected chi connectivity index (χ3v) is 2.83. The van der Waals surface area contributed by atoms with Crippen molar-refractivity contribution in [3.8, 4) is 0 Å². The summed E-state index contributed by atoms with van der Waals surface area (Å²) in [5.74, 6) is 0. The lowest BCUT2D eigenvalue weighted by atomic mass is 9.97. The van der Waals surface area contributed by atoms with Crippen LogP contribution in [0.3, 0.4) is 0 Å². The Bertz CT molecular complexity index is 345.